The summed E-state index contributed by atoms with van der Waals surface area (Å²) in [6.45, 7) is 4.51. The van der Waals surface area contributed by atoms with Crippen LogP contribution >= 0.6 is 11.8 Å². The highest BCUT2D eigenvalue weighted by Crippen LogP contribution is 2.36. The molecule has 0 radical (unpaired) electrons. The topological polar surface area (TPSA) is 136 Å². The zero-order valence-electron chi connectivity index (χ0n) is 21.7. The van der Waals surface area contributed by atoms with Crippen molar-refractivity contribution in [2.45, 2.75) is 36.8 Å². The first-order valence-corrected chi connectivity index (χ1v) is 16.6. The molecular weight excluding hydrogens is 614 g/mol. The molecule has 0 heterocycles. The Kier molecular flexibility index (Phi) is 17.2. The molecule has 0 saturated carbocycles. The first-order valence-electron chi connectivity index (χ1n) is 10.6. The molecule has 0 aromatic heterocycles. The third-order valence-corrected chi connectivity index (χ3v) is 11.4. The first-order chi connectivity index (χ1) is 17.1. The number of nitrogens with zero attached hydrogens (tertiary/aromatic N) is 2. The van der Waals surface area contributed by atoms with Crippen molar-refractivity contribution in [3.8, 4) is 0 Å². The summed E-state index contributed by atoms with van der Waals surface area (Å²) in [4.78, 5) is 11.7. The number of esters is 1. The van der Waals surface area contributed by atoms with Crippen LogP contribution < -0.4 is 0 Å². The Bertz CT molecular complexity index is 863. The summed E-state index contributed by atoms with van der Waals surface area (Å²) in [5, 5.41) is 0. The molecule has 0 spiro atoms. The molecule has 0 rings (SSSR count). The Morgan fingerprint density at radius 2 is 1.34 bits per heavy atom. The van der Waals surface area contributed by atoms with Crippen LogP contribution in [0.5, 0.6) is 0 Å². The van der Waals surface area contributed by atoms with Crippen LogP contribution in [0.1, 0.15) is 19.8 Å². The van der Waals surface area contributed by atoms with E-state index >= 15 is 0 Å². The van der Waals surface area contributed by atoms with E-state index in [2.05, 4.69) is 21.0 Å². The Balaban J connectivity index is 0. The van der Waals surface area contributed by atoms with E-state index < -0.39 is 39.9 Å². The van der Waals surface area contributed by atoms with Crippen LogP contribution in [0, 0.1) is 0 Å². The van der Waals surface area contributed by atoms with Gasteiger partial charge in [0.25, 0.3) is 0 Å². The zero-order chi connectivity index (χ0) is 30.5. The smallest absolute Gasteiger partial charge is 0.460 e. The molecule has 0 aliphatic heterocycles. The van der Waals surface area contributed by atoms with Crippen molar-refractivity contribution in [3.63, 3.8) is 0 Å². The van der Waals surface area contributed by atoms with E-state index in [0.29, 0.717) is 13.0 Å². The molecule has 0 amide bonds. The van der Waals surface area contributed by atoms with Gasteiger partial charge in [-0.3, -0.25) is 4.79 Å². The highest BCUT2D eigenvalue weighted by Gasteiger charge is 2.47. The number of carbonyl (C=O) groups is 1. The number of rotatable bonds is 16. The molecule has 0 fully saturated rings. The van der Waals surface area contributed by atoms with Gasteiger partial charge in [-0.05, 0) is 19.1 Å². The van der Waals surface area contributed by atoms with Crippen molar-refractivity contribution >= 4 is 46.6 Å². The predicted octanol–water partition coefficient (Wildman–Crippen LogP) is 3.08. The van der Waals surface area contributed by atoms with Crippen molar-refractivity contribution in [2.24, 2.45) is 0 Å². The molecule has 11 nitrogen and oxygen atoms in total. The van der Waals surface area contributed by atoms with Gasteiger partial charge in [0.2, 0.25) is 0 Å². The predicted molar refractivity (Wildman–Crippen MR) is 130 cm³/mol. The maximum Gasteiger partial charge on any atom is 0.500 e. The van der Waals surface area contributed by atoms with Crippen molar-refractivity contribution in [1.82, 2.24) is 0 Å². The normalized spacial score (nSPS) is 13.6. The molecule has 230 valence electrons. The molecule has 0 aromatic rings. The fourth-order valence-electron chi connectivity index (χ4n) is 2.06. The molecule has 0 aliphatic carbocycles. The number of ether oxygens (including phenoxy) is 1. The molecule has 21 heteroatoms. The van der Waals surface area contributed by atoms with E-state index in [1.54, 1.807) is 33.1 Å². The van der Waals surface area contributed by atoms with Crippen LogP contribution in [-0.4, -0.2) is 114 Å². The van der Waals surface area contributed by atoms with E-state index in [9.17, 15) is 48.0 Å². The zero-order valence-corrected chi connectivity index (χ0v) is 25.2. The molecular formula is C17H34F6N2O9S3Si. The van der Waals surface area contributed by atoms with Crippen LogP contribution in [-0.2, 0) is 42.9 Å². The Hall–Kier alpha value is -0.683. The number of carbonyl (C=O) groups excluding carboxylic acids is 1. The first kappa shape index (κ1) is 39.5. The fourth-order valence-corrected chi connectivity index (χ4v) is 6.61. The van der Waals surface area contributed by atoms with Crippen molar-refractivity contribution in [1.29, 1.82) is 0 Å². The van der Waals surface area contributed by atoms with Gasteiger partial charge in [-0.25, -0.2) is 16.8 Å². The summed E-state index contributed by atoms with van der Waals surface area (Å²) in [5.41, 5.74) is -12.4. The van der Waals surface area contributed by atoms with E-state index in [0.717, 1.165) is 45.7 Å². The lowest BCUT2D eigenvalue weighted by Crippen LogP contribution is -2.42. The summed E-state index contributed by atoms with van der Waals surface area (Å²) in [7, 11) is -6.75. The van der Waals surface area contributed by atoms with Crippen LogP contribution in [0.25, 0.3) is 4.13 Å². The molecule has 38 heavy (non-hydrogen) atoms. The second-order valence-corrected chi connectivity index (χ2v) is 15.6. The van der Waals surface area contributed by atoms with Crippen molar-refractivity contribution in [3.05, 3.63) is 4.13 Å². The quantitative estimate of drug-likeness (QED) is 0.0808. The largest absolute Gasteiger partial charge is 0.500 e. The molecule has 0 aromatic carbocycles. The van der Waals surface area contributed by atoms with E-state index in [4.69, 9.17) is 18.0 Å². The van der Waals surface area contributed by atoms with E-state index in [1.165, 1.54) is 0 Å². The molecule has 0 bridgehead atoms. The second kappa shape index (κ2) is 16.5. The van der Waals surface area contributed by atoms with Crippen LogP contribution in [0.3, 0.4) is 0 Å². The number of sulfonamides is 2. The Morgan fingerprint density at radius 3 is 1.71 bits per heavy atom. The maximum atomic E-state index is 11.7. The maximum absolute atomic E-state index is 11.7. The van der Waals surface area contributed by atoms with Crippen molar-refractivity contribution in [2.75, 3.05) is 66.6 Å². The average molecular weight is 649 g/mol. The monoisotopic (exact) mass is 648 g/mol. The molecule has 0 aliphatic rings. The molecule has 0 saturated heterocycles. The highest BCUT2D eigenvalue weighted by molar-refractivity contribution is 8.13. The van der Waals surface area contributed by atoms with E-state index in [1.807, 2.05) is 0 Å². The third-order valence-electron chi connectivity index (χ3n) is 4.75. The minimum absolute atomic E-state index is 0.108. The lowest BCUT2D eigenvalue weighted by Gasteiger charge is -2.27. The van der Waals surface area contributed by atoms with Crippen molar-refractivity contribution < 1.29 is 70.5 Å². The van der Waals surface area contributed by atoms with Gasteiger partial charge in [0.15, 0.2) is 20.0 Å². The van der Waals surface area contributed by atoms with Gasteiger partial charge in [-0.15, -0.1) is 0 Å². The van der Waals surface area contributed by atoms with Gasteiger partial charge < -0.3 is 26.6 Å². The number of quaternary nitrogens is 1. The number of hydrogen-bond donors (Lipinski definition) is 0. The summed E-state index contributed by atoms with van der Waals surface area (Å²) in [6, 6.07) is 0.790. The SMILES string of the molecule is CC[N+](C)(C)CCOC(=O)CCSCCC[Si](OC)(OC)OC.O=S(=O)([N-]S(=O)(=O)C(F)(F)F)C(F)(F)F. The fraction of sp³-hybridized carbons (Fsp3) is 0.941. The third kappa shape index (κ3) is 15.2. The minimum atomic E-state index is -6.72. The number of halogens is 6. The summed E-state index contributed by atoms with van der Waals surface area (Å²) < 4.78 is 131. The lowest BCUT2D eigenvalue weighted by atomic mass is 10.4. The molecule has 0 atom stereocenters. The number of hydrogen-bond acceptors (Lipinski definition) is 10. The van der Waals surface area contributed by atoms with Crippen LogP contribution in [0.15, 0.2) is 0 Å². The van der Waals surface area contributed by atoms with Gasteiger partial charge in [-0.2, -0.15) is 38.1 Å². The molecule has 0 N–H and O–H groups in total. The van der Waals surface area contributed by atoms with Crippen LogP contribution in [0.2, 0.25) is 6.04 Å². The average Bonchev–Trinajstić information content (AvgIpc) is 2.77. The standard InChI is InChI=1S/C15H34NO5SSi.C2F6NO4S2/c1-7-16(2,3)10-11-21-15(17)9-13-22-12-8-14-23(18-4,19-5)20-6;3-1(4,5)14(10,11)9-15(12,13)2(6,7)8/h7-14H2,1-6H3;/q+1;-1. The van der Waals surface area contributed by atoms with Crippen LogP contribution in [0.4, 0.5) is 26.3 Å². The summed E-state index contributed by atoms with van der Waals surface area (Å²) in [5.74, 6) is 1.63. The minimum Gasteiger partial charge on any atom is -0.460 e. The van der Waals surface area contributed by atoms with Gasteiger partial charge in [0.1, 0.15) is 13.2 Å². The van der Waals surface area contributed by atoms with E-state index in [-0.39, 0.29) is 5.97 Å². The Labute approximate surface area is 224 Å². The van der Waals surface area contributed by atoms with Gasteiger partial charge in [0.05, 0.1) is 27.1 Å². The molecule has 0 unspecified atom stereocenters. The van der Waals surface area contributed by atoms with Gasteiger partial charge >= 0.3 is 25.8 Å². The summed E-state index contributed by atoms with van der Waals surface area (Å²) in [6.07, 6.45) is 1.41. The van der Waals surface area contributed by atoms with Gasteiger partial charge in [-0.1, -0.05) is 0 Å². The second-order valence-electron chi connectivity index (χ2n) is 7.87. The summed E-state index contributed by atoms with van der Waals surface area (Å²) >= 11 is 1.75. The number of likely N-dealkylation sites (N-methyl/N-ethyl adjacent to an activating group) is 1. The highest BCUT2D eigenvalue weighted by atomic mass is 32.3. The Morgan fingerprint density at radius 1 is 0.895 bits per heavy atom. The number of alkyl halides is 6. The van der Waals surface area contributed by atoms with Gasteiger partial charge in [0, 0.05) is 33.1 Å². The lowest BCUT2D eigenvalue weighted by molar-refractivity contribution is -0.888. The number of thioether (sulfide) groups is 1.